The molecule has 21 heavy (non-hydrogen) atoms. The summed E-state index contributed by atoms with van der Waals surface area (Å²) in [6, 6.07) is 24.2. The molecule has 0 spiro atoms. The summed E-state index contributed by atoms with van der Waals surface area (Å²) in [5.41, 5.74) is 6.25. The van der Waals surface area contributed by atoms with E-state index >= 15 is 0 Å². The summed E-state index contributed by atoms with van der Waals surface area (Å²) in [5.74, 6) is 0. The average Bonchev–Trinajstić information content (AvgIpc) is 2.56. The van der Waals surface area contributed by atoms with E-state index in [2.05, 4.69) is 19.1 Å². The predicted octanol–water partition coefficient (Wildman–Crippen LogP) is 5.14. The maximum Gasteiger partial charge on any atom is 0.150 e. The third-order valence-corrected chi connectivity index (χ3v) is 3.70. The molecular formula is C20H16O. The standard InChI is InChI=1S/C20H16O/c1-15-12-13-18(14-21)20(17-10-6-3-7-11-17)19(15)16-8-4-2-5-9-16/h2-14H,1H3. The Labute approximate surface area is 124 Å². The smallest absolute Gasteiger partial charge is 0.150 e. The normalized spacial score (nSPS) is 10.3. The number of rotatable bonds is 3. The minimum atomic E-state index is 0.727. The molecular weight excluding hydrogens is 256 g/mol. The van der Waals surface area contributed by atoms with Crippen LogP contribution in [0.1, 0.15) is 15.9 Å². The highest BCUT2D eigenvalue weighted by Crippen LogP contribution is 2.36. The number of hydrogen-bond donors (Lipinski definition) is 0. The van der Waals surface area contributed by atoms with Crippen molar-refractivity contribution in [2.24, 2.45) is 0 Å². The summed E-state index contributed by atoms with van der Waals surface area (Å²) in [7, 11) is 0. The number of benzene rings is 3. The quantitative estimate of drug-likeness (QED) is 0.603. The van der Waals surface area contributed by atoms with Crippen molar-refractivity contribution in [3.63, 3.8) is 0 Å². The van der Waals surface area contributed by atoms with Crippen LogP contribution in [0.2, 0.25) is 0 Å². The van der Waals surface area contributed by atoms with Gasteiger partial charge in [-0.3, -0.25) is 4.79 Å². The highest BCUT2D eigenvalue weighted by molar-refractivity contribution is 5.97. The van der Waals surface area contributed by atoms with Crippen molar-refractivity contribution in [2.75, 3.05) is 0 Å². The van der Waals surface area contributed by atoms with Gasteiger partial charge >= 0.3 is 0 Å². The van der Waals surface area contributed by atoms with Crippen molar-refractivity contribution in [2.45, 2.75) is 6.92 Å². The zero-order valence-corrected chi connectivity index (χ0v) is 11.9. The maximum atomic E-state index is 11.5. The predicted molar refractivity (Wildman–Crippen MR) is 87.4 cm³/mol. The second kappa shape index (κ2) is 5.76. The zero-order chi connectivity index (χ0) is 14.7. The second-order valence-corrected chi connectivity index (χ2v) is 5.07. The topological polar surface area (TPSA) is 17.1 Å². The van der Waals surface area contributed by atoms with Crippen molar-refractivity contribution in [1.29, 1.82) is 0 Å². The van der Waals surface area contributed by atoms with Crippen molar-refractivity contribution >= 4 is 6.29 Å². The number of carbonyl (C=O) groups excluding carboxylic acids is 1. The molecule has 0 aromatic heterocycles. The van der Waals surface area contributed by atoms with Gasteiger partial charge in [0.15, 0.2) is 6.29 Å². The van der Waals surface area contributed by atoms with Crippen LogP contribution in [-0.2, 0) is 0 Å². The average molecular weight is 272 g/mol. The first-order valence-corrected chi connectivity index (χ1v) is 7.01. The Bertz CT molecular complexity index is 759. The Kier molecular flexibility index (Phi) is 3.65. The Morgan fingerprint density at radius 3 is 1.71 bits per heavy atom. The minimum absolute atomic E-state index is 0.727. The molecule has 0 unspecified atom stereocenters. The van der Waals surface area contributed by atoms with Gasteiger partial charge in [0.1, 0.15) is 0 Å². The minimum Gasteiger partial charge on any atom is -0.298 e. The summed E-state index contributed by atoms with van der Waals surface area (Å²) in [5, 5.41) is 0. The molecule has 0 amide bonds. The van der Waals surface area contributed by atoms with Crippen LogP contribution in [0.3, 0.4) is 0 Å². The Balaban J connectivity index is 2.36. The lowest BCUT2D eigenvalue weighted by Gasteiger charge is -2.15. The fraction of sp³-hybridized carbons (Fsp3) is 0.0500. The van der Waals surface area contributed by atoms with Crippen LogP contribution in [0.15, 0.2) is 72.8 Å². The molecule has 0 saturated heterocycles. The van der Waals surface area contributed by atoms with Crippen molar-refractivity contribution in [1.82, 2.24) is 0 Å². The van der Waals surface area contributed by atoms with Gasteiger partial charge in [-0.25, -0.2) is 0 Å². The monoisotopic (exact) mass is 272 g/mol. The first-order chi connectivity index (χ1) is 10.3. The molecule has 0 bridgehead atoms. The van der Waals surface area contributed by atoms with Crippen molar-refractivity contribution in [3.8, 4) is 22.3 Å². The van der Waals surface area contributed by atoms with Crippen LogP contribution in [-0.4, -0.2) is 6.29 Å². The molecule has 0 N–H and O–H groups in total. The van der Waals surface area contributed by atoms with E-state index in [0.29, 0.717) is 0 Å². The molecule has 1 nitrogen and oxygen atoms in total. The molecule has 1 heteroatoms. The summed E-state index contributed by atoms with van der Waals surface area (Å²) >= 11 is 0. The second-order valence-electron chi connectivity index (χ2n) is 5.07. The third-order valence-electron chi connectivity index (χ3n) is 3.70. The lowest BCUT2D eigenvalue weighted by atomic mass is 9.88. The Morgan fingerprint density at radius 1 is 0.667 bits per heavy atom. The summed E-state index contributed by atoms with van der Waals surface area (Å²) in [6.45, 7) is 2.09. The van der Waals surface area contributed by atoms with Gasteiger partial charge < -0.3 is 0 Å². The Morgan fingerprint density at radius 2 is 1.19 bits per heavy atom. The van der Waals surface area contributed by atoms with Crippen LogP contribution in [0.25, 0.3) is 22.3 Å². The van der Waals surface area contributed by atoms with E-state index < -0.39 is 0 Å². The number of aldehydes is 1. The third kappa shape index (κ3) is 2.50. The fourth-order valence-corrected chi connectivity index (χ4v) is 2.71. The molecule has 0 heterocycles. The molecule has 0 radical (unpaired) electrons. The van der Waals surface area contributed by atoms with Crippen LogP contribution in [0, 0.1) is 6.92 Å². The van der Waals surface area contributed by atoms with Crippen LogP contribution >= 0.6 is 0 Å². The van der Waals surface area contributed by atoms with Crippen LogP contribution in [0.4, 0.5) is 0 Å². The van der Waals surface area contributed by atoms with E-state index in [9.17, 15) is 4.79 Å². The lowest BCUT2D eigenvalue weighted by Crippen LogP contribution is -1.95. The summed E-state index contributed by atoms with van der Waals surface area (Å²) in [4.78, 5) is 11.5. The molecule has 102 valence electrons. The zero-order valence-electron chi connectivity index (χ0n) is 11.9. The van der Waals surface area contributed by atoms with Crippen LogP contribution in [0.5, 0.6) is 0 Å². The van der Waals surface area contributed by atoms with Crippen molar-refractivity contribution in [3.05, 3.63) is 83.9 Å². The van der Waals surface area contributed by atoms with Crippen LogP contribution < -0.4 is 0 Å². The molecule has 3 aromatic rings. The van der Waals surface area contributed by atoms with Gasteiger partial charge in [-0.15, -0.1) is 0 Å². The first kappa shape index (κ1) is 13.3. The van der Waals surface area contributed by atoms with Gasteiger partial charge in [-0.05, 0) is 29.2 Å². The van der Waals surface area contributed by atoms with Gasteiger partial charge in [0.25, 0.3) is 0 Å². The summed E-state index contributed by atoms with van der Waals surface area (Å²) < 4.78 is 0. The van der Waals surface area contributed by atoms with E-state index in [1.807, 2.05) is 60.7 Å². The molecule has 0 saturated carbocycles. The van der Waals surface area contributed by atoms with Gasteiger partial charge in [0, 0.05) is 11.1 Å². The maximum absolute atomic E-state index is 11.5. The van der Waals surface area contributed by atoms with Gasteiger partial charge in [0.2, 0.25) is 0 Å². The van der Waals surface area contributed by atoms with E-state index in [1.165, 1.54) is 5.56 Å². The summed E-state index contributed by atoms with van der Waals surface area (Å²) in [6.07, 6.45) is 0.939. The van der Waals surface area contributed by atoms with E-state index in [1.54, 1.807) is 0 Å². The Hall–Kier alpha value is -2.67. The molecule has 3 aromatic carbocycles. The molecule has 0 aliphatic carbocycles. The molecule has 3 rings (SSSR count). The van der Waals surface area contributed by atoms with E-state index in [4.69, 9.17) is 0 Å². The fourth-order valence-electron chi connectivity index (χ4n) is 2.71. The van der Waals surface area contributed by atoms with E-state index in [0.717, 1.165) is 34.1 Å². The van der Waals surface area contributed by atoms with Gasteiger partial charge in [-0.2, -0.15) is 0 Å². The number of carbonyl (C=O) groups is 1. The van der Waals surface area contributed by atoms with Crippen molar-refractivity contribution < 1.29 is 4.79 Å². The molecule has 0 aliphatic heterocycles. The highest BCUT2D eigenvalue weighted by Gasteiger charge is 2.14. The molecule has 0 atom stereocenters. The molecule has 0 aliphatic rings. The highest BCUT2D eigenvalue weighted by atomic mass is 16.1. The first-order valence-electron chi connectivity index (χ1n) is 7.01. The van der Waals surface area contributed by atoms with E-state index in [-0.39, 0.29) is 0 Å². The largest absolute Gasteiger partial charge is 0.298 e. The SMILES string of the molecule is Cc1ccc(C=O)c(-c2ccccc2)c1-c1ccccc1. The van der Waals surface area contributed by atoms with Gasteiger partial charge in [0.05, 0.1) is 0 Å². The lowest BCUT2D eigenvalue weighted by molar-refractivity contribution is 0.112. The van der Waals surface area contributed by atoms with Gasteiger partial charge in [-0.1, -0.05) is 72.8 Å². The number of aryl methyl sites for hydroxylation is 1. The number of hydrogen-bond acceptors (Lipinski definition) is 1. The molecule has 0 fully saturated rings.